The second-order valence-corrected chi connectivity index (χ2v) is 5.61. The smallest absolute Gasteiger partial charge is 0.319 e. The van der Waals surface area contributed by atoms with Gasteiger partial charge in [0.2, 0.25) is 0 Å². The van der Waals surface area contributed by atoms with Crippen LogP contribution in [0, 0.1) is 0 Å². The molecule has 0 aliphatic rings. The van der Waals surface area contributed by atoms with Gasteiger partial charge < -0.3 is 4.74 Å². The van der Waals surface area contributed by atoms with E-state index >= 15 is 0 Å². The minimum absolute atomic E-state index is 0.185. The van der Waals surface area contributed by atoms with Crippen LogP contribution in [0.5, 0.6) is 6.01 Å². The molecule has 1 aromatic heterocycles. The van der Waals surface area contributed by atoms with Crippen LogP contribution in [0.1, 0.15) is 0 Å². The molecule has 0 saturated carbocycles. The quantitative estimate of drug-likeness (QED) is 0.821. The Labute approximate surface area is 105 Å². The Hall–Kier alpha value is -2.02. The van der Waals surface area contributed by atoms with Crippen molar-refractivity contribution in [3.05, 3.63) is 30.6 Å². The summed E-state index contributed by atoms with van der Waals surface area (Å²) in [5, 5.41) is 0. The predicted octanol–water partition coefficient (Wildman–Crippen LogP) is 0.951. The highest BCUT2D eigenvalue weighted by atomic mass is 32.2. The molecule has 2 aromatic rings. The number of benzene rings is 1. The fourth-order valence-electron chi connectivity index (χ4n) is 1.38. The number of aromatic nitrogens is 3. The van der Waals surface area contributed by atoms with Gasteiger partial charge in [0.1, 0.15) is 6.33 Å². The summed E-state index contributed by atoms with van der Waals surface area (Å²) in [7, 11) is -1.80. The summed E-state index contributed by atoms with van der Waals surface area (Å²) >= 11 is 0. The maximum Gasteiger partial charge on any atom is 0.319 e. The number of hydrogen-bond acceptors (Lipinski definition) is 6. The maximum atomic E-state index is 11.5. The van der Waals surface area contributed by atoms with Gasteiger partial charge in [0, 0.05) is 11.8 Å². The Morgan fingerprint density at radius 3 is 2.67 bits per heavy atom. The van der Waals surface area contributed by atoms with E-state index in [1.165, 1.54) is 25.6 Å². The van der Waals surface area contributed by atoms with Gasteiger partial charge in [0.15, 0.2) is 15.7 Å². The molecule has 94 valence electrons. The van der Waals surface area contributed by atoms with Gasteiger partial charge in [-0.2, -0.15) is 9.97 Å². The lowest BCUT2D eigenvalue weighted by atomic mass is 10.2. The third-order valence-electron chi connectivity index (χ3n) is 2.25. The highest BCUT2D eigenvalue weighted by Crippen LogP contribution is 2.19. The monoisotopic (exact) mass is 265 g/mol. The molecule has 2 rings (SSSR count). The van der Waals surface area contributed by atoms with Crippen molar-refractivity contribution < 1.29 is 13.2 Å². The van der Waals surface area contributed by atoms with E-state index < -0.39 is 9.84 Å². The highest BCUT2D eigenvalue weighted by molar-refractivity contribution is 7.90. The van der Waals surface area contributed by atoms with E-state index in [0.717, 1.165) is 6.26 Å². The molecular formula is C11H11N3O3S. The third kappa shape index (κ3) is 2.62. The molecule has 0 spiro atoms. The van der Waals surface area contributed by atoms with Crippen molar-refractivity contribution in [1.29, 1.82) is 0 Å². The van der Waals surface area contributed by atoms with E-state index in [2.05, 4.69) is 15.0 Å². The number of sulfone groups is 1. The van der Waals surface area contributed by atoms with E-state index in [-0.39, 0.29) is 10.9 Å². The number of nitrogens with zero attached hydrogens (tertiary/aromatic N) is 3. The zero-order valence-corrected chi connectivity index (χ0v) is 10.7. The van der Waals surface area contributed by atoms with Crippen molar-refractivity contribution >= 4 is 9.84 Å². The molecule has 0 atom stereocenters. The first-order chi connectivity index (χ1) is 8.50. The summed E-state index contributed by atoms with van der Waals surface area (Å²) in [5.41, 5.74) is 0.596. The summed E-state index contributed by atoms with van der Waals surface area (Å²) in [6.45, 7) is 0. The van der Waals surface area contributed by atoms with Gasteiger partial charge in [-0.3, -0.25) is 0 Å². The first-order valence-corrected chi connectivity index (χ1v) is 6.93. The lowest BCUT2D eigenvalue weighted by Gasteiger charge is -2.03. The number of rotatable bonds is 3. The first-order valence-electron chi connectivity index (χ1n) is 5.04. The Morgan fingerprint density at radius 1 is 1.22 bits per heavy atom. The average Bonchev–Trinajstić information content (AvgIpc) is 2.38. The van der Waals surface area contributed by atoms with Crippen LogP contribution >= 0.6 is 0 Å². The minimum atomic E-state index is -3.25. The van der Waals surface area contributed by atoms with Crippen molar-refractivity contribution in [3.8, 4) is 17.4 Å². The van der Waals surface area contributed by atoms with Crippen molar-refractivity contribution in [3.63, 3.8) is 0 Å². The molecular weight excluding hydrogens is 254 g/mol. The Kier molecular flexibility index (Phi) is 3.24. The standard InChI is InChI=1S/C11H11N3O3S/c1-17-11-13-7-12-10(14-11)8-4-3-5-9(6-8)18(2,15)16/h3-7H,1-2H3. The van der Waals surface area contributed by atoms with Crippen LogP contribution < -0.4 is 4.74 Å². The number of ether oxygens (including phenoxy) is 1. The molecule has 0 saturated heterocycles. The van der Waals surface area contributed by atoms with Gasteiger partial charge in [0.05, 0.1) is 12.0 Å². The van der Waals surface area contributed by atoms with Crippen LogP contribution in [0.4, 0.5) is 0 Å². The largest absolute Gasteiger partial charge is 0.467 e. The van der Waals surface area contributed by atoms with Gasteiger partial charge in [-0.15, -0.1) is 0 Å². The summed E-state index contributed by atoms with van der Waals surface area (Å²) < 4.78 is 27.8. The molecule has 6 nitrogen and oxygen atoms in total. The molecule has 0 unspecified atom stereocenters. The van der Waals surface area contributed by atoms with Gasteiger partial charge in [0.25, 0.3) is 0 Å². The molecule has 0 bridgehead atoms. The van der Waals surface area contributed by atoms with Crippen LogP contribution in [-0.2, 0) is 9.84 Å². The number of methoxy groups -OCH3 is 1. The van der Waals surface area contributed by atoms with Crippen LogP contribution in [0.3, 0.4) is 0 Å². The predicted molar refractivity (Wildman–Crippen MR) is 64.9 cm³/mol. The van der Waals surface area contributed by atoms with Crippen LogP contribution in [-0.4, -0.2) is 36.7 Å². The molecule has 18 heavy (non-hydrogen) atoms. The lowest BCUT2D eigenvalue weighted by molar-refractivity contribution is 0.378. The summed E-state index contributed by atoms with van der Waals surface area (Å²) in [6.07, 6.45) is 2.47. The average molecular weight is 265 g/mol. The summed E-state index contributed by atoms with van der Waals surface area (Å²) in [4.78, 5) is 12.0. The topological polar surface area (TPSA) is 82.0 Å². The second kappa shape index (κ2) is 4.69. The molecule has 0 radical (unpaired) electrons. The molecule has 1 aromatic carbocycles. The van der Waals surface area contributed by atoms with Crippen LogP contribution in [0.15, 0.2) is 35.5 Å². The van der Waals surface area contributed by atoms with Crippen molar-refractivity contribution in [1.82, 2.24) is 15.0 Å². The molecule has 7 heteroatoms. The third-order valence-corrected chi connectivity index (χ3v) is 3.36. The van der Waals surface area contributed by atoms with Gasteiger partial charge >= 0.3 is 6.01 Å². The molecule has 0 fully saturated rings. The van der Waals surface area contributed by atoms with E-state index in [1.54, 1.807) is 12.1 Å². The zero-order valence-electron chi connectivity index (χ0n) is 9.86. The SMILES string of the molecule is COc1ncnc(-c2cccc(S(C)(=O)=O)c2)n1. The molecule has 0 aliphatic heterocycles. The number of hydrogen-bond donors (Lipinski definition) is 0. The Balaban J connectivity index is 2.51. The molecule has 0 aliphatic carbocycles. The minimum Gasteiger partial charge on any atom is -0.467 e. The van der Waals surface area contributed by atoms with Gasteiger partial charge in [-0.1, -0.05) is 12.1 Å². The highest BCUT2D eigenvalue weighted by Gasteiger charge is 2.10. The Morgan fingerprint density at radius 2 is 2.00 bits per heavy atom. The van der Waals surface area contributed by atoms with E-state index in [9.17, 15) is 8.42 Å². The Bertz CT molecular complexity index is 671. The molecule has 1 heterocycles. The van der Waals surface area contributed by atoms with E-state index in [1.807, 2.05) is 0 Å². The zero-order chi connectivity index (χ0) is 13.2. The summed E-state index contributed by atoms with van der Waals surface area (Å²) in [6, 6.07) is 6.59. The van der Waals surface area contributed by atoms with E-state index in [4.69, 9.17) is 4.74 Å². The van der Waals surface area contributed by atoms with Gasteiger partial charge in [-0.05, 0) is 12.1 Å². The van der Waals surface area contributed by atoms with Crippen molar-refractivity contribution in [2.45, 2.75) is 4.90 Å². The molecule has 0 N–H and O–H groups in total. The van der Waals surface area contributed by atoms with Gasteiger partial charge in [-0.25, -0.2) is 13.4 Å². The lowest BCUT2D eigenvalue weighted by Crippen LogP contribution is -1.99. The first kappa shape index (κ1) is 12.4. The van der Waals surface area contributed by atoms with Crippen molar-refractivity contribution in [2.24, 2.45) is 0 Å². The van der Waals surface area contributed by atoms with Crippen LogP contribution in [0.25, 0.3) is 11.4 Å². The van der Waals surface area contributed by atoms with Crippen molar-refractivity contribution in [2.75, 3.05) is 13.4 Å². The normalized spacial score (nSPS) is 11.2. The fourth-order valence-corrected chi connectivity index (χ4v) is 2.05. The second-order valence-electron chi connectivity index (χ2n) is 3.60. The maximum absolute atomic E-state index is 11.5. The molecule has 0 amide bonds. The fraction of sp³-hybridized carbons (Fsp3) is 0.182. The van der Waals surface area contributed by atoms with Crippen LogP contribution in [0.2, 0.25) is 0 Å². The summed E-state index contributed by atoms with van der Waals surface area (Å²) in [5.74, 6) is 0.368. The van der Waals surface area contributed by atoms with E-state index in [0.29, 0.717) is 11.4 Å².